The Morgan fingerprint density at radius 2 is 1.90 bits per heavy atom. The number of piperidine rings is 1. The highest BCUT2D eigenvalue weighted by molar-refractivity contribution is 5.42. The summed E-state index contributed by atoms with van der Waals surface area (Å²) in [6.07, 6.45) is 2.54. The van der Waals surface area contributed by atoms with Crippen LogP contribution < -0.4 is 15.2 Å². The third-order valence-corrected chi connectivity index (χ3v) is 4.16. The van der Waals surface area contributed by atoms with Crippen LogP contribution in [0.3, 0.4) is 0 Å². The number of nitrogens with zero attached hydrogens (tertiary/aromatic N) is 1. The highest BCUT2D eigenvalue weighted by Crippen LogP contribution is 2.29. The molecule has 0 radical (unpaired) electrons. The number of rotatable bonds is 6. The Balaban J connectivity index is 1.98. The number of ether oxygens (including phenoxy) is 3. The van der Waals surface area contributed by atoms with Gasteiger partial charge in [-0.05, 0) is 18.9 Å². The molecule has 1 aromatic rings. The van der Waals surface area contributed by atoms with Crippen LogP contribution in [0.15, 0.2) is 18.2 Å². The van der Waals surface area contributed by atoms with Crippen molar-refractivity contribution >= 4 is 0 Å². The maximum absolute atomic E-state index is 6.37. The zero-order valence-electron chi connectivity index (χ0n) is 13.2. The van der Waals surface area contributed by atoms with Gasteiger partial charge in [-0.3, -0.25) is 0 Å². The molecule has 0 spiro atoms. The second-order valence-electron chi connectivity index (χ2n) is 5.45. The Morgan fingerprint density at radius 1 is 1.19 bits per heavy atom. The van der Waals surface area contributed by atoms with Crippen LogP contribution in [0.2, 0.25) is 0 Å². The molecule has 1 fully saturated rings. The van der Waals surface area contributed by atoms with Gasteiger partial charge in [0, 0.05) is 44.4 Å². The summed E-state index contributed by atoms with van der Waals surface area (Å²) in [7, 11) is 5.09. The molecule has 1 atom stereocenters. The predicted octanol–water partition coefficient (Wildman–Crippen LogP) is 1.81. The number of benzene rings is 1. The van der Waals surface area contributed by atoms with E-state index in [-0.39, 0.29) is 6.04 Å². The second-order valence-corrected chi connectivity index (χ2v) is 5.45. The summed E-state index contributed by atoms with van der Waals surface area (Å²) in [5.74, 6) is 1.57. The largest absolute Gasteiger partial charge is 0.497 e. The van der Waals surface area contributed by atoms with Gasteiger partial charge < -0.3 is 24.8 Å². The average Bonchev–Trinajstić information content (AvgIpc) is 2.54. The van der Waals surface area contributed by atoms with Gasteiger partial charge in [-0.2, -0.15) is 0 Å². The van der Waals surface area contributed by atoms with E-state index >= 15 is 0 Å². The fourth-order valence-electron chi connectivity index (χ4n) is 2.83. The SMILES string of the molecule is COc1ccc(C(N)CN2CCC(OC)CC2)c(OC)c1. The molecule has 0 aliphatic carbocycles. The van der Waals surface area contributed by atoms with Crippen LogP contribution in [0, 0.1) is 0 Å². The first-order valence-corrected chi connectivity index (χ1v) is 7.40. The lowest BCUT2D eigenvalue weighted by Gasteiger charge is -2.33. The molecule has 1 aliphatic heterocycles. The standard InChI is InChI=1S/C16H26N2O3/c1-19-12-6-8-18(9-7-12)11-15(17)14-5-4-13(20-2)10-16(14)21-3/h4-5,10,12,15H,6-9,11,17H2,1-3H3. The summed E-state index contributed by atoms with van der Waals surface area (Å²) in [5.41, 5.74) is 7.39. The van der Waals surface area contributed by atoms with Gasteiger partial charge in [0.2, 0.25) is 0 Å². The molecule has 1 unspecified atom stereocenters. The van der Waals surface area contributed by atoms with E-state index in [2.05, 4.69) is 4.90 Å². The van der Waals surface area contributed by atoms with Crippen LogP contribution in [0.5, 0.6) is 11.5 Å². The van der Waals surface area contributed by atoms with Crippen molar-refractivity contribution in [3.63, 3.8) is 0 Å². The molecule has 5 nitrogen and oxygen atoms in total. The van der Waals surface area contributed by atoms with Gasteiger partial charge in [0.1, 0.15) is 11.5 Å². The molecule has 1 aromatic carbocycles. The van der Waals surface area contributed by atoms with E-state index in [1.54, 1.807) is 21.3 Å². The average molecular weight is 294 g/mol. The van der Waals surface area contributed by atoms with Gasteiger partial charge in [0.05, 0.1) is 20.3 Å². The molecule has 0 bridgehead atoms. The van der Waals surface area contributed by atoms with E-state index in [4.69, 9.17) is 19.9 Å². The zero-order valence-corrected chi connectivity index (χ0v) is 13.2. The van der Waals surface area contributed by atoms with Crippen LogP contribution in [0.1, 0.15) is 24.4 Å². The van der Waals surface area contributed by atoms with Gasteiger partial charge in [0.15, 0.2) is 0 Å². The lowest BCUT2D eigenvalue weighted by molar-refractivity contribution is 0.0394. The van der Waals surface area contributed by atoms with Crippen molar-refractivity contribution in [3.05, 3.63) is 23.8 Å². The number of hydrogen-bond acceptors (Lipinski definition) is 5. The van der Waals surface area contributed by atoms with Crippen molar-refractivity contribution < 1.29 is 14.2 Å². The molecule has 1 saturated heterocycles. The van der Waals surface area contributed by atoms with Crippen molar-refractivity contribution in [3.8, 4) is 11.5 Å². The first-order valence-electron chi connectivity index (χ1n) is 7.40. The number of nitrogens with two attached hydrogens (primary N) is 1. The van der Waals surface area contributed by atoms with Crippen LogP contribution in [0.25, 0.3) is 0 Å². The maximum Gasteiger partial charge on any atom is 0.127 e. The molecule has 1 aliphatic rings. The Kier molecular flexibility index (Phi) is 5.85. The topological polar surface area (TPSA) is 57.0 Å². The minimum Gasteiger partial charge on any atom is -0.497 e. The molecule has 118 valence electrons. The number of likely N-dealkylation sites (tertiary alicyclic amines) is 1. The molecule has 0 aromatic heterocycles. The lowest BCUT2D eigenvalue weighted by Crippen LogP contribution is -2.40. The van der Waals surface area contributed by atoms with Crippen LogP contribution in [-0.2, 0) is 4.74 Å². The molecule has 1 heterocycles. The van der Waals surface area contributed by atoms with Crippen molar-refractivity contribution in [2.24, 2.45) is 5.73 Å². The summed E-state index contributed by atoms with van der Waals surface area (Å²) in [5, 5.41) is 0. The quantitative estimate of drug-likeness (QED) is 0.867. The van der Waals surface area contributed by atoms with E-state index in [0.29, 0.717) is 6.10 Å². The van der Waals surface area contributed by atoms with Gasteiger partial charge in [-0.25, -0.2) is 0 Å². The summed E-state index contributed by atoms with van der Waals surface area (Å²) in [6.45, 7) is 2.90. The highest BCUT2D eigenvalue weighted by Gasteiger charge is 2.22. The van der Waals surface area contributed by atoms with Gasteiger partial charge in [0.25, 0.3) is 0 Å². The highest BCUT2D eigenvalue weighted by atomic mass is 16.5. The Bertz CT molecular complexity index is 445. The monoisotopic (exact) mass is 294 g/mol. The van der Waals surface area contributed by atoms with E-state index in [1.165, 1.54) is 0 Å². The first-order chi connectivity index (χ1) is 10.2. The van der Waals surface area contributed by atoms with Gasteiger partial charge in [-0.1, -0.05) is 6.07 Å². The van der Waals surface area contributed by atoms with E-state index in [9.17, 15) is 0 Å². The maximum atomic E-state index is 6.37. The summed E-state index contributed by atoms with van der Waals surface area (Å²) in [6, 6.07) is 5.73. The molecule has 21 heavy (non-hydrogen) atoms. The van der Waals surface area contributed by atoms with Crippen molar-refractivity contribution in [1.29, 1.82) is 0 Å². The van der Waals surface area contributed by atoms with Crippen LogP contribution in [-0.4, -0.2) is 52.0 Å². The fourth-order valence-corrected chi connectivity index (χ4v) is 2.83. The van der Waals surface area contributed by atoms with E-state index < -0.39 is 0 Å². The van der Waals surface area contributed by atoms with Crippen LogP contribution >= 0.6 is 0 Å². The molecule has 2 N–H and O–H groups in total. The third kappa shape index (κ3) is 4.09. The molecule has 0 amide bonds. The smallest absolute Gasteiger partial charge is 0.127 e. The number of hydrogen-bond donors (Lipinski definition) is 1. The van der Waals surface area contributed by atoms with Gasteiger partial charge >= 0.3 is 0 Å². The Hall–Kier alpha value is -1.30. The van der Waals surface area contributed by atoms with Crippen LogP contribution in [0.4, 0.5) is 0 Å². The molecular formula is C16H26N2O3. The fraction of sp³-hybridized carbons (Fsp3) is 0.625. The predicted molar refractivity (Wildman–Crippen MR) is 82.9 cm³/mol. The normalized spacial score (nSPS) is 18.5. The molecular weight excluding hydrogens is 268 g/mol. The number of methoxy groups -OCH3 is 3. The summed E-state index contributed by atoms with van der Waals surface area (Å²) >= 11 is 0. The minimum atomic E-state index is -0.0649. The Morgan fingerprint density at radius 3 is 2.48 bits per heavy atom. The van der Waals surface area contributed by atoms with E-state index in [0.717, 1.165) is 49.5 Å². The van der Waals surface area contributed by atoms with Crippen molar-refractivity contribution in [1.82, 2.24) is 4.90 Å². The lowest BCUT2D eigenvalue weighted by atomic mass is 10.0. The minimum absolute atomic E-state index is 0.0649. The summed E-state index contributed by atoms with van der Waals surface area (Å²) in [4.78, 5) is 2.39. The summed E-state index contributed by atoms with van der Waals surface area (Å²) < 4.78 is 16.1. The molecule has 5 heteroatoms. The van der Waals surface area contributed by atoms with E-state index in [1.807, 2.05) is 18.2 Å². The van der Waals surface area contributed by atoms with Crippen molar-refractivity contribution in [2.45, 2.75) is 25.0 Å². The first kappa shape index (κ1) is 16.1. The molecule has 0 saturated carbocycles. The zero-order chi connectivity index (χ0) is 15.2. The molecule has 2 rings (SSSR count). The van der Waals surface area contributed by atoms with Gasteiger partial charge in [-0.15, -0.1) is 0 Å². The Labute approximate surface area is 127 Å². The third-order valence-electron chi connectivity index (χ3n) is 4.16. The van der Waals surface area contributed by atoms with Crippen molar-refractivity contribution in [2.75, 3.05) is 41.0 Å². The second kappa shape index (κ2) is 7.64.